The average Bonchev–Trinajstić information content (AvgIpc) is 2.68. The van der Waals surface area contributed by atoms with Crippen molar-refractivity contribution in [1.29, 1.82) is 0 Å². The third-order valence-electron chi connectivity index (χ3n) is 4.62. The number of nitrogens with zero attached hydrogens (tertiary/aromatic N) is 1. The summed E-state index contributed by atoms with van der Waals surface area (Å²) in [5.41, 5.74) is 2.59. The zero-order valence-electron chi connectivity index (χ0n) is 16.5. The van der Waals surface area contributed by atoms with Crippen molar-refractivity contribution < 1.29 is 19.1 Å². The number of rotatable bonds is 6. The summed E-state index contributed by atoms with van der Waals surface area (Å²) in [5, 5.41) is 2.86. The summed E-state index contributed by atoms with van der Waals surface area (Å²) < 4.78 is 11.0. The van der Waals surface area contributed by atoms with E-state index in [2.05, 4.69) is 19.2 Å². The van der Waals surface area contributed by atoms with E-state index in [9.17, 15) is 9.59 Å². The van der Waals surface area contributed by atoms with Crippen LogP contribution in [0.5, 0.6) is 11.5 Å². The second-order valence-electron chi connectivity index (χ2n) is 7.04. The van der Waals surface area contributed by atoms with E-state index in [0.717, 1.165) is 11.3 Å². The van der Waals surface area contributed by atoms with Gasteiger partial charge in [0.05, 0.1) is 0 Å². The molecule has 6 nitrogen and oxygen atoms in total. The molecule has 0 bridgehead atoms. The summed E-state index contributed by atoms with van der Waals surface area (Å²) in [4.78, 5) is 26.3. The molecule has 0 saturated carbocycles. The van der Waals surface area contributed by atoms with E-state index in [1.807, 2.05) is 24.3 Å². The molecule has 148 valence electrons. The molecule has 1 aliphatic heterocycles. The largest absolute Gasteiger partial charge is 0.486 e. The fourth-order valence-electron chi connectivity index (χ4n) is 3.23. The fourth-order valence-corrected chi connectivity index (χ4v) is 3.23. The molecule has 0 atom stereocenters. The molecule has 0 spiro atoms. The van der Waals surface area contributed by atoms with Gasteiger partial charge in [-0.1, -0.05) is 32.0 Å². The minimum atomic E-state index is -0.162. The second-order valence-corrected chi connectivity index (χ2v) is 7.04. The predicted molar refractivity (Wildman–Crippen MR) is 109 cm³/mol. The molecular weight excluding hydrogens is 356 g/mol. The van der Waals surface area contributed by atoms with Crippen molar-refractivity contribution in [3.05, 3.63) is 48.0 Å². The van der Waals surface area contributed by atoms with Crippen LogP contribution >= 0.6 is 0 Å². The Kier molecular flexibility index (Phi) is 6.19. The normalized spacial score (nSPS) is 12.6. The lowest BCUT2D eigenvalue weighted by Gasteiger charge is -2.25. The lowest BCUT2D eigenvalue weighted by molar-refractivity contribution is -0.117. The number of benzene rings is 2. The van der Waals surface area contributed by atoms with E-state index in [1.165, 1.54) is 6.92 Å². The van der Waals surface area contributed by atoms with Crippen molar-refractivity contribution in [3.63, 3.8) is 0 Å². The monoisotopic (exact) mass is 382 g/mol. The van der Waals surface area contributed by atoms with Gasteiger partial charge in [-0.3, -0.25) is 9.59 Å². The molecule has 0 aliphatic carbocycles. The molecule has 2 amide bonds. The summed E-state index contributed by atoms with van der Waals surface area (Å²) in [6.45, 7) is 7.04. The van der Waals surface area contributed by atoms with Crippen molar-refractivity contribution in [3.8, 4) is 11.5 Å². The Morgan fingerprint density at radius 2 is 1.79 bits per heavy atom. The summed E-state index contributed by atoms with van der Waals surface area (Å²) in [7, 11) is 0. The van der Waals surface area contributed by atoms with Crippen LogP contribution in [0.25, 0.3) is 0 Å². The highest BCUT2D eigenvalue weighted by molar-refractivity contribution is 5.95. The van der Waals surface area contributed by atoms with Gasteiger partial charge >= 0.3 is 0 Å². The third kappa shape index (κ3) is 4.63. The van der Waals surface area contributed by atoms with Crippen LogP contribution in [-0.2, 0) is 9.59 Å². The summed E-state index contributed by atoms with van der Waals surface area (Å²) in [6.07, 6.45) is 0.195. The first-order valence-electron chi connectivity index (χ1n) is 9.52. The van der Waals surface area contributed by atoms with Crippen LogP contribution < -0.4 is 19.7 Å². The molecule has 0 radical (unpaired) electrons. The SMILES string of the molecule is CC(=O)N(CCC(=O)Nc1ccc2c(c1)OCCO2)c1ccccc1C(C)C. The minimum absolute atomic E-state index is 0.0831. The molecule has 0 saturated heterocycles. The highest BCUT2D eigenvalue weighted by Gasteiger charge is 2.18. The number of hydrogen-bond donors (Lipinski definition) is 1. The Morgan fingerprint density at radius 3 is 2.50 bits per heavy atom. The van der Waals surface area contributed by atoms with Gasteiger partial charge in [-0.25, -0.2) is 0 Å². The zero-order valence-corrected chi connectivity index (χ0v) is 16.5. The number of carbonyl (C=O) groups excluding carboxylic acids is 2. The van der Waals surface area contributed by atoms with Crippen LogP contribution in [-0.4, -0.2) is 31.6 Å². The molecular formula is C22H26N2O4. The lowest BCUT2D eigenvalue weighted by atomic mass is 10.0. The average molecular weight is 382 g/mol. The fraction of sp³-hybridized carbons (Fsp3) is 0.364. The van der Waals surface area contributed by atoms with Gasteiger partial charge in [0, 0.05) is 37.3 Å². The molecule has 1 aliphatic rings. The highest BCUT2D eigenvalue weighted by Crippen LogP contribution is 2.32. The number of para-hydroxylation sites is 1. The van der Waals surface area contributed by atoms with Crippen LogP contribution in [0.15, 0.2) is 42.5 Å². The number of amides is 2. The Hall–Kier alpha value is -3.02. The van der Waals surface area contributed by atoms with E-state index in [1.54, 1.807) is 23.1 Å². The van der Waals surface area contributed by atoms with Crippen LogP contribution in [0.3, 0.4) is 0 Å². The first-order chi connectivity index (χ1) is 13.5. The smallest absolute Gasteiger partial charge is 0.226 e. The van der Waals surface area contributed by atoms with Gasteiger partial charge in [0.15, 0.2) is 11.5 Å². The van der Waals surface area contributed by atoms with Gasteiger partial charge in [-0.2, -0.15) is 0 Å². The standard InChI is InChI=1S/C22H26N2O4/c1-15(2)18-6-4-5-7-19(18)24(16(3)25)11-10-22(26)23-17-8-9-20-21(14-17)28-13-12-27-20/h4-9,14-15H,10-13H2,1-3H3,(H,23,26). The molecule has 1 N–H and O–H groups in total. The number of hydrogen-bond acceptors (Lipinski definition) is 4. The maximum atomic E-state index is 12.4. The topological polar surface area (TPSA) is 67.9 Å². The van der Waals surface area contributed by atoms with Gasteiger partial charge in [0.1, 0.15) is 13.2 Å². The van der Waals surface area contributed by atoms with Crippen molar-refractivity contribution in [2.24, 2.45) is 0 Å². The number of carbonyl (C=O) groups is 2. The van der Waals surface area contributed by atoms with Crippen LogP contribution in [0, 0.1) is 0 Å². The number of nitrogens with one attached hydrogen (secondary N) is 1. The summed E-state index contributed by atoms with van der Waals surface area (Å²) >= 11 is 0. The molecule has 2 aromatic rings. The predicted octanol–water partition coefficient (Wildman–Crippen LogP) is 3.96. The second kappa shape index (κ2) is 8.78. The Morgan fingerprint density at radius 1 is 1.07 bits per heavy atom. The summed E-state index contributed by atoms with van der Waals surface area (Å²) in [6, 6.07) is 13.1. The van der Waals surface area contributed by atoms with Gasteiger partial charge < -0.3 is 19.7 Å². The first-order valence-corrected chi connectivity index (χ1v) is 9.52. The van der Waals surface area contributed by atoms with Crippen molar-refractivity contribution in [1.82, 2.24) is 0 Å². The first kappa shape index (κ1) is 19.7. The molecule has 2 aromatic carbocycles. The quantitative estimate of drug-likeness (QED) is 0.821. The van der Waals surface area contributed by atoms with Crippen LogP contribution in [0.2, 0.25) is 0 Å². The Bertz CT molecular complexity index is 863. The lowest BCUT2D eigenvalue weighted by Crippen LogP contribution is -2.32. The summed E-state index contributed by atoms with van der Waals surface area (Å²) in [5.74, 6) is 1.34. The van der Waals surface area contributed by atoms with E-state index >= 15 is 0 Å². The minimum Gasteiger partial charge on any atom is -0.486 e. The Balaban J connectivity index is 1.66. The van der Waals surface area contributed by atoms with Gasteiger partial charge in [0.2, 0.25) is 11.8 Å². The highest BCUT2D eigenvalue weighted by atomic mass is 16.6. The van der Waals surface area contributed by atoms with Crippen molar-refractivity contribution in [2.45, 2.75) is 33.1 Å². The van der Waals surface area contributed by atoms with Gasteiger partial charge in [-0.05, 0) is 29.7 Å². The molecule has 0 unspecified atom stereocenters. The molecule has 0 fully saturated rings. The molecule has 0 aromatic heterocycles. The van der Waals surface area contributed by atoms with Gasteiger partial charge in [0.25, 0.3) is 0 Å². The van der Waals surface area contributed by atoms with E-state index in [4.69, 9.17) is 9.47 Å². The molecule has 28 heavy (non-hydrogen) atoms. The molecule has 1 heterocycles. The van der Waals surface area contributed by atoms with Crippen LogP contribution in [0.1, 0.15) is 38.7 Å². The maximum Gasteiger partial charge on any atom is 0.226 e. The van der Waals surface area contributed by atoms with Gasteiger partial charge in [-0.15, -0.1) is 0 Å². The Labute approximate surface area is 165 Å². The van der Waals surface area contributed by atoms with Crippen molar-refractivity contribution in [2.75, 3.05) is 30.0 Å². The van der Waals surface area contributed by atoms with E-state index in [-0.39, 0.29) is 24.2 Å². The van der Waals surface area contributed by atoms with E-state index in [0.29, 0.717) is 36.9 Å². The van der Waals surface area contributed by atoms with Crippen molar-refractivity contribution >= 4 is 23.2 Å². The third-order valence-corrected chi connectivity index (χ3v) is 4.62. The number of fused-ring (bicyclic) bond motifs is 1. The molecule has 3 rings (SSSR count). The van der Waals surface area contributed by atoms with Crippen LogP contribution in [0.4, 0.5) is 11.4 Å². The number of anilines is 2. The number of ether oxygens (including phenoxy) is 2. The van der Waals surface area contributed by atoms with E-state index < -0.39 is 0 Å². The molecule has 6 heteroatoms. The zero-order chi connectivity index (χ0) is 20.1. The maximum absolute atomic E-state index is 12.4.